The van der Waals surface area contributed by atoms with Crippen molar-refractivity contribution in [1.82, 2.24) is 9.97 Å². The number of thioether (sulfide) groups is 1. The van der Waals surface area contributed by atoms with Crippen LogP contribution in [0.5, 0.6) is 0 Å². The van der Waals surface area contributed by atoms with Gasteiger partial charge in [-0.15, -0.1) is 0 Å². The van der Waals surface area contributed by atoms with Crippen molar-refractivity contribution >= 4 is 11.8 Å². The van der Waals surface area contributed by atoms with Gasteiger partial charge >= 0.3 is 0 Å². The van der Waals surface area contributed by atoms with Crippen molar-refractivity contribution in [3.8, 4) is 6.07 Å². The molecule has 0 N–H and O–H groups in total. The van der Waals surface area contributed by atoms with Crippen molar-refractivity contribution in [1.29, 1.82) is 5.26 Å². The third-order valence-electron chi connectivity index (χ3n) is 3.35. The predicted molar refractivity (Wildman–Crippen MR) is 81.8 cm³/mol. The Hall–Kier alpha value is -1.86. The van der Waals surface area contributed by atoms with Crippen LogP contribution in [0.2, 0.25) is 0 Å². The SMILES string of the molecule is Cc1nc(SCC(C#N)c2ccccc2)nc(C)c1C. The van der Waals surface area contributed by atoms with E-state index in [1.807, 2.05) is 51.1 Å². The van der Waals surface area contributed by atoms with Crippen LogP contribution in [0.3, 0.4) is 0 Å². The highest BCUT2D eigenvalue weighted by Crippen LogP contribution is 2.24. The summed E-state index contributed by atoms with van der Waals surface area (Å²) in [6.07, 6.45) is 0. The lowest BCUT2D eigenvalue weighted by Crippen LogP contribution is -2.02. The topological polar surface area (TPSA) is 49.6 Å². The largest absolute Gasteiger partial charge is 0.228 e. The van der Waals surface area contributed by atoms with E-state index in [2.05, 4.69) is 16.0 Å². The van der Waals surface area contributed by atoms with Crippen LogP contribution in [-0.2, 0) is 0 Å². The van der Waals surface area contributed by atoms with E-state index < -0.39 is 0 Å². The third kappa shape index (κ3) is 3.37. The number of aryl methyl sites for hydroxylation is 2. The van der Waals surface area contributed by atoms with Crippen molar-refractivity contribution < 1.29 is 0 Å². The molecule has 2 aromatic rings. The van der Waals surface area contributed by atoms with Gasteiger partial charge in [-0.2, -0.15) is 5.26 Å². The normalized spacial score (nSPS) is 11.9. The molecular weight excluding hydrogens is 266 g/mol. The molecule has 0 amide bonds. The molecule has 1 aromatic carbocycles. The van der Waals surface area contributed by atoms with Crippen LogP contribution >= 0.6 is 11.8 Å². The van der Waals surface area contributed by atoms with Crippen molar-refractivity contribution in [2.24, 2.45) is 0 Å². The summed E-state index contributed by atoms with van der Waals surface area (Å²) in [7, 11) is 0. The monoisotopic (exact) mass is 283 g/mol. The van der Waals surface area contributed by atoms with Gasteiger partial charge in [0, 0.05) is 17.1 Å². The van der Waals surface area contributed by atoms with E-state index in [9.17, 15) is 5.26 Å². The van der Waals surface area contributed by atoms with E-state index in [-0.39, 0.29) is 5.92 Å². The summed E-state index contributed by atoms with van der Waals surface area (Å²) in [5.74, 6) is 0.536. The average molecular weight is 283 g/mol. The molecule has 0 saturated carbocycles. The Balaban J connectivity index is 2.10. The summed E-state index contributed by atoms with van der Waals surface area (Å²) in [6, 6.07) is 12.2. The van der Waals surface area contributed by atoms with Gasteiger partial charge in [0.2, 0.25) is 0 Å². The van der Waals surface area contributed by atoms with Crippen LogP contribution < -0.4 is 0 Å². The number of nitrogens with zero attached hydrogens (tertiary/aromatic N) is 3. The first-order valence-electron chi connectivity index (χ1n) is 6.51. The highest BCUT2D eigenvalue weighted by Gasteiger charge is 2.12. The van der Waals surface area contributed by atoms with Crippen LogP contribution in [0.4, 0.5) is 0 Å². The average Bonchev–Trinajstić information content (AvgIpc) is 2.46. The van der Waals surface area contributed by atoms with E-state index in [0.29, 0.717) is 5.75 Å². The van der Waals surface area contributed by atoms with Gasteiger partial charge in [-0.05, 0) is 31.9 Å². The first-order chi connectivity index (χ1) is 9.61. The number of hydrogen-bond donors (Lipinski definition) is 0. The molecule has 1 aromatic heterocycles. The Kier molecular flexibility index (Phi) is 4.75. The highest BCUT2D eigenvalue weighted by molar-refractivity contribution is 7.99. The third-order valence-corrected chi connectivity index (χ3v) is 4.29. The predicted octanol–water partition coefficient (Wildman–Crippen LogP) is 3.80. The number of nitriles is 1. The van der Waals surface area contributed by atoms with Gasteiger partial charge in [0.1, 0.15) is 0 Å². The molecule has 0 fully saturated rings. The van der Waals surface area contributed by atoms with Crippen LogP contribution in [0.15, 0.2) is 35.5 Å². The maximum Gasteiger partial charge on any atom is 0.188 e. The van der Waals surface area contributed by atoms with Gasteiger partial charge in [0.25, 0.3) is 0 Å². The zero-order valence-electron chi connectivity index (χ0n) is 11.9. The Morgan fingerprint density at radius 3 is 2.25 bits per heavy atom. The van der Waals surface area contributed by atoms with Gasteiger partial charge in [-0.25, -0.2) is 9.97 Å². The molecule has 4 heteroatoms. The zero-order valence-corrected chi connectivity index (χ0v) is 12.7. The second-order valence-corrected chi connectivity index (χ2v) is 5.69. The Morgan fingerprint density at radius 2 is 1.70 bits per heavy atom. The van der Waals surface area contributed by atoms with Gasteiger partial charge in [-0.1, -0.05) is 42.1 Å². The van der Waals surface area contributed by atoms with Gasteiger partial charge in [-0.3, -0.25) is 0 Å². The summed E-state index contributed by atoms with van der Waals surface area (Å²) in [5.41, 5.74) is 4.19. The molecule has 1 unspecified atom stereocenters. The second kappa shape index (κ2) is 6.53. The molecule has 0 aliphatic heterocycles. The van der Waals surface area contributed by atoms with E-state index >= 15 is 0 Å². The molecule has 0 saturated heterocycles. The second-order valence-electron chi connectivity index (χ2n) is 4.71. The molecule has 1 atom stereocenters. The lowest BCUT2D eigenvalue weighted by molar-refractivity contribution is 0.876. The number of benzene rings is 1. The van der Waals surface area contributed by atoms with Crippen LogP contribution in [-0.4, -0.2) is 15.7 Å². The number of aromatic nitrogens is 2. The Morgan fingerprint density at radius 1 is 1.10 bits per heavy atom. The molecule has 1 heterocycles. The van der Waals surface area contributed by atoms with E-state index in [0.717, 1.165) is 27.7 Å². The fourth-order valence-electron chi connectivity index (χ4n) is 1.86. The molecular formula is C16H17N3S. The summed E-state index contributed by atoms with van der Waals surface area (Å²) in [5, 5.41) is 10.1. The molecule has 0 radical (unpaired) electrons. The quantitative estimate of drug-likeness (QED) is 0.632. The fraction of sp³-hybridized carbons (Fsp3) is 0.312. The van der Waals surface area contributed by atoms with Crippen LogP contribution in [0.25, 0.3) is 0 Å². The molecule has 0 bridgehead atoms. The van der Waals surface area contributed by atoms with E-state index in [1.165, 1.54) is 0 Å². The highest BCUT2D eigenvalue weighted by atomic mass is 32.2. The number of hydrogen-bond acceptors (Lipinski definition) is 4. The molecule has 102 valence electrons. The van der Waals surface area contributed by atoms with Gasteiger partial charge < -0.3 is 0 Å². The minimum Gasteiger partial charge on any atom is -0.228 e. The zero-order chi connectivity index (χ0) is 14.5. The molecule has 0 spiro atoms. The molecule has 0 aliphatic carbocycles. The molecule has 20 heavy (non-hydrogen) atoms. The fourth-order valence-corrected chi connectivity index (χ4v) is 2.84. The maximum absolute atomic E-state index is 9.31. The van der Waals surface area contributed by atoms with E-state index in [4.69, 9.17) is 0 Å². The standard InChI is InChI=1S/C16H17N3S/c1-11-12(2)18-16(19-13(11)3)20-10-15(9-17)14-7-5-4-6-8-14/h4-8,15H,10H2,1-3H3. The maximum atomic E-state index is 9.31. The molecule has 2 rings (SSSR count). The lowest BCUT2D eigenvalue weighted by atomic mass is 10.0. The van der Waals surface area contributed by atoms with Crippen molar-refractivity contribution in [2.45, 2.75) is 31.8 Å². The van der Waals surface area contributed by atoms with Crippen molar-refractivity contribution in [3.63, 3.8) is 0 Å². The first kappa shape index (κ1) is 14.5. The minimum absolute atomic E-state index is 0.133. The van der Waals surface area contributed by atoms with E-state index in [1.54, 1.807) is 11.8 Å². The molecule has 3 nitrogen and oxygen atoms in total. The van der Waals surface area contributed by atoms with Crippen molar-refractivity contribution in [2.75, 3.05) is 5.75 Å². The number of rotatable bonds is 4. The lowest BCUT2D eigenvalue weighted by Gasteiger charge is -2.10. The molecule has 0 aliphatic rings. The van der Waals surface area contributed by atoms with Gasteiger partial charge in [0.05, 0.1) is 12.0 Å². The Bertz CT molecular complexity index is 609. The smallest absolute Gasteiger partial charge is 0.188 e. The van der Waals surface area contributed by atoms with Crippen LogP contribution in [0.1, 0.15) is 28.4 Å². The van der Waals surface area contributed by atoms with Crippen LogP contribution in [0, 0.1) is 32.1 Å². The Labute approximate surface area is 124 Å². The summed E-state index contributed by atoms with van der Waals surface area (Å²) < 4.78 is 0. The van der Waals surface area contributed by atoms with Gasteiger partial charge in [0.15, 0.2) is 5.16 Å². The summed E-state index contributed by atoms with van der Waals surface area (Å²) in [6.45, 7) is 6.02. The summed E-state index contributed by atoms with van der Waals surface area (Å²) >= 11 is 1.54. The first-order valence-corrected chi connectivity index (χ1v) is 7.49. The van der Waals surface area contributed by atoms with Crippen molar-refractivity contribution in [3.05, 3.63) is 52.8 Å². The summed E-state index contributed by atoms with van der Waals surface area (Å²) in [4.78, 5) is 8.95. The minimum atomic E-state index is -0.133.